The first-order chi connectivity index (χ1) is 7.19. The summed E-state index contributed by atoms with van der Waals surface area (Å²) in [7, 11) is 0. The van der Waals surface area contributed by atoms with Crippen molar-refractivity contribution in [2.75, 3.05) is 0 Å². The molecular weight excluding hydrogens is 188 g/mol. The highest BCUT2D eigenvalue weighted by Crippen LogP contribution is 2.29. The summed E-state index contributed by atoms with van der Waals surface area (Å²) in [6.45, 7) is 4.04. The number of amides is 1. The highest BCUT2D eigenvalue weighted by Gasteiger charge is 2.27. The first kappa shape index (κ1) is 12.0. The molecule has 0 radical (unpaired) electrons. The van der Waals surface area contributed by atoms with Crippen molar-refractivity contribution in [3.05, 3.63) is 0 Å². The van der Waals surface area contributed by atoms with Crippen molar-refractivity contribution < 1.29 is 4.79 Å². The van der Waals surface area contributed by atoms with Crippen molar-refractivity contribution in [3.8, 4) is 6.07 Å². The predicted molar refractivity (Wildman–Crippen MR) is 59.0 cm³/mol. The Balaban J connectivity index is 2.35. The Hall–Kier alpha value is -1.04. The standard InChI is InChI=1S/C12H20N2O/c1-3-5-11(8-13)12(15)14-9(2)10-6-4-7-10/h9-11H,3-7H2,1-2H3,(H,14,15). The number of nitrogens with one attached hydrogen (secondary N) is 1. The lowest BCUT2D eigenvalue weighted by Gasteiger charge is -2.32. The van der Waals surface area contributed by atoms with Crippen LogP contribution in [0.3, 0.4) is 0 Å². The van der Waals surface area contributed by atoms with Gasteiger partial charge in [-0.3, -0.25) is 4.79 Å². The molecule has 1 aliphatic rings. The Labute approximate surface area is 91.9 Å². The van der Waals surface area contributed by atoms with Gasteiger partial charge in [0.1, 0.15) is 5.92 Å². The molecule has 0 bridgehead atoms. The molecule has 15 heavy (non-hydrogen) atoms. The third-order valence-electron chi connectivity index (χ3n) is 3.28. The minimum Gasteiger partial charge on any atom is -0.352 e. The van der Waals surface area contributed by atoms with Gasteiger partial charge in [0.2, 0.25) is 5.91 Å². The summed E-state index contributed by atoms with van der Waals surface area (Å²) in [4.78, 5) is 11.7. The van der Waals surface area contributed by atoms with Crippen molar-refractivity contribution in [3.63, 3.8) is 0 Å². The van der Waals surface area contributed by atoms with Crippen LogP contribution in [0.2, 0.25) is 0 Å². The Morgan fingerprint density at radius 1 is 1.60 bits per heavy atom. The minimum absolute atomic E-state index is 0.0845. The maximum Gasteiger partial charge on any atom is 0.237 e. The van der Waals surface area contributed by atoms with Gasteiger partial charge in [-0.2, -0.15) is 5.26 Å². The van der Waals surface area contributed by atoms with Crippen LogP contribution < -0.4 is 5.32 Å². The van der Waals surface area contributed by atoms with Crippen molar-refractivity contribution in [2.45, 2.75) is 52.0 Å². The average molecular weight is 208 g/mol. The van der Waals surface area contributed by atoms with Gasteiger partial charge in [-0.1, -0.05) is 19.8 Å². The second-order valence-electron chi connectivity index (χ2n) is 4.46. The molecule has 1 amide bonds. The smallest absolute Gasteiger partial charge is 0.237 e. The number of nitriles is 1. The zero-order valence-electron chi connectivity index (χ0n) is 9.62. The normalized spacial score (nSPS) is 19.8. The summed E-state index contributed by atoms with van der Waals surface area (Å²) in [6, 6.07) is 2.31. The van der Waals surface area contributed by atoms with E-state index >= 15 is 0 Å². The molecule has 1 rings (SSSR count). The summed E-state index contributed by atoms with van der Waals surface area (Å²) in [6.07, 6.45) is 5.25. The first-order valence-electron chi connectivity index (χ1n) is 5.89. The molecule has 0 spiro atoms. The lowest BCUT2D eigenvalue weighted by molar-refractivity contribution is -0.124. The van der Waals surface area contributed by atoms with Crippen LogP contribution in [0.4, 0.5) is 0 Å². The van der Waals surface area contributed by atoms with Gasteiger partial charge in [0.25, 0.3) is 0 Å². The monoisotopic (exact) mass is 208 g/mol. The van der Waals surface area contributed by atoms with Crippen molar-refractivity contribution in [2.24, 2.45) is 11.8 Å². The molecule has 0 aromatic rings. The van der Waals surface area contributed by atoms with Crippen LogP contribution in [-0.4, -0.2) is 11.9 Å². The number of hydrogen-bond donors (Lipinski definition) is 1. The zero-order chi connectivity index (χ0) is 11.3. The van der Waals surface area contributed by atoms with Gasteiger partial charge >= 0.3 is 0 Å². The Morgan fingerprint density at radius 2 is 2.27 bits per heavy atom. The Kier molecular flexibility index (Phi) is 4.61. The van der Waals surface area contributed by atoms with E-state index in [0.717, 1.165) is 6.42 Å². The van der Waals surface area contributed by atoms with Gasteiger partial charge in [-0.25, -0.2) is 0 Å². The minimum atomic E-state index is -0.461. The van der Waals surface area contributed by atoms with Crippen LogP contribution >= 0.6 is 0 Å². The molecule has 3 nitrogen and oxygen atoms in total. The van der Waals surface area contributed by atoms with Gasteiger partial charge in [-0.15, -0.1) is 0 Å². The Bertz CT molecular complexity index is 253. The molecule has 2 unspecified atom stereocenters. The van der Waals surface area contributed by atoms with Crippen LogP contribution in [0, 0.1) is 23.2 Å². The number of hydrogen-bond acceptors (Lipinski definition) is 2. The fraction of sp³-hybridized carbons (Fsp3) is 0.833. The van der Waals surface area contributed by atoms with Crippen molar-refractivity contribution >= 4 is 5.91 Å². The van der Waals surface area contributed by atoms with E-state index in [2.05, 4.69) is 11.4 Å². The van der Waals surface area contributed by atoms with Crippen LogP contribution in [0.15, 0.2) is 0 Å². The molecular formula is C12H20N2O. The number of carbonyl (C=O) groups is 1. The summed E-state index contributed by atoms with van der Waals surface area (Å²) in [5.74, 6) is 0.0891. The highest BCUT2D eigenvalue weighted by molar-refractivity contribution is 5.81. The first-order valence-corrected chi connectivity index (χ1v) is 5.89. The molecule has 0 saturated heterocycles. The average Bonchev–Trinajstić information content (AvgIpc) is 2.10. The molecule has 0 aromatic heterocycles. The number of carbonyl (C=O) groups excluding carboxylic acids is 1. The Morgan fingerprint density at radius 3 is 2.67 bits per heavy atom. The van der Waals surface area contributed by atoms with Crippen LogP contribution in [0.5, 0.6) is 0 Å². The molecule has 1 aliphatic carbocycles. The largest absolute Gasteiger partial charge is 0.352 e. The van der Waals surface area contributed by atoms with Gasteiger partial charge < -0.3 is 5.32 Å². The number of nitrogens with zero attached hydrogens (tertiary/aromatic N) is 1. The fourth-order valence-electron chi connectivity index (χ4n) is 1.93. The highest BCUT2D eigenvalue weighted by atomic mass is 16.1. The van der Waals surface area contributed by atoms with E-state index in [9.17, 15) is 4.79 Å². The van der Waals surface area contributed by atoms with E-state index in [1.807, 2.05) is 13.8 Å². The quantitative estimate of drug-likeness (QED) is 0.753. The van der Waals surface area contributed by atoms with Crippen LogP contribution in [0.1, 0.15) is 46.0 Å². The second kappa shape index (κ2) is 5.75. The van der Waals surface area contributed by atoms with E-state index < -0.39 is 5.92 Å². The molecule has 0 aromatic carbocycles. The van der Waals surface area contributed by atoms with E-state index in [4.69, 9.17) is 5.26 Å². The van der Waals surface area contributed by atoms with E-state index in [0.29, 0.717) is 12.3 Å². The van der Waals surface area contributed by atoms with Gasteiger partial charge in [0.15, 0.2) is 0 Å². The molecule has 0 aliphatic heterocycles. The summed E-state index contributed by atoms with van der Waals surface area (Å²) >= 11 is 0. The summed E-state index contributed by atoms with van der Waals surface area (Å²) in [5.41, 5.74) is 0. The van der Waals surface area contributed by atoms with Gasteiger partial charge in [0, 0.05) is 6.04 Å². The molecule has 84 valence electrons. The lowest BCUT2D eigenvalue weighted by atomic mass is 9.80. The van der Waals surface area contributed by atoms with Crippen molar-refractivity contribution in [1.82, 2.24) is 5.32 Å². The summed E-state index contributed by atoms with van der Waals surface area (Å²) < 4.78 is 0. The number of rotatable bonds is 5. The lowest BCUT2D eigenvalue weighted by Crippen LogP contribution is -2.43. The maximum absolute atomic E-state index is 11.7. The van der Waals surface area contributed by atoms with Crippen LogP contribution in [0.25, 0.3) is 0 Å². The summed E-state index contributed by atoms with van der Waals surface area (Å²) in [5, 5.41) is 11.8. The van der Waals surface area contributed by atoms with E-state index in [1.165, 1.54) is 19.3 Å². The molecule has 2 atom stereocenters. The SMILES string of the molecule is CCCC(C#N)C(=O)NC(C)C1CCC1. The van der Waals surface area contributed by atoms with E-state index in [-0.39, 0.29) is 11.9 Å². The van der Waals surface area contributed by atoms with Crippen LogP contribution in [-0.2, 0) is 4.79 Å². The maximum atomic E-state index is 11.7. The van der Waals surface area contributed by atoms with Crippen molar-refractivity contribution in [1.29, 1.82) is 5.26 Å². The molecule has 1 fully saturated rings. The molecule has 0 heterocycles. The second-order valence-corrected chi connectivity index (χ2v) is 4.46. The van der Waals surface area contributed by atoms with E-state index in [1.54, 1.807) is 0 Å². The fourth-order valence-corrected chi connectivity index (χ4v) is 1.93. The van der Waals surface area contributed by atoms with Gasteiger partial charge in [0.05, 0.1) is 6.07 Å². The molecule has 1 N–H and O–H groups in total. The third kappa shape index (κ3) is 3.23. The third-order valence-corrected chi connectivity index (χ3v) is 3.28. The molecule has 3 heteroatoms. The molecule has 1 saturated carbocycles. The zero-order valence-corrected chi connectivity index (χ0v) is 9.62. The van der Waals surface area contributed by atoms with Gasteiger partial charge in [-0.05, 0) is 32.1 Å². The topological polar surface area (TPSA) is 52.9 Å². The predicted octanol–water partition coefficient (Wildman–Crippen LogP) is 2.23.